The van der Waals surface area contributed by atoms with Crippen molar-refractivity contribution < 1.29 is 110 Å². The predicted molar refractivity (Wildman–Crippen MR) is 299 cm³/mol. The van der Waals surface area contributed by atoms with E-state index in [1.165, 1.54) is 44.5 Å². The number of benzene rings is 2. The van der Waals surface area contributed by atoms with Gasteiger partial charge in [-0.1, -0.05) is 72.2 Å². The summed E-state index contributed by atoms with van der Waals surface area (Å²) in [4.78, 5) is 75.2. The average molecular weight is 1250 g/mol. The van der Waals surface area contributed by atoms with Gasteiger partial charge in [0.2, 0.25) is 11.7 Å². The van der Waals surface area contributed by atoms with Gasteiger partial charge in [-0.05, 0) is 71.6 Å². The topological polar surface area (TPSA) is 328 Å². The van der Waals surface area contributed by atoms with Gasteiger partial charge in [0, 0.05) is 92.4 Å². The first-order valence-corrected chi connectivity index (χ1v) is 29.3. The molecular formula is C45H78Cl4N10O10S6. The van der Waals surface area contributed by atoms with Gasteiger partial charge in [0.1, 0.15) is 34.1 Å². The van der Waals surface area contributed by atoms with Gasteiger partial charge in [-0.15, -0.1) is 0 Å². The van der Waals surface area contributed by atoms with E-state index in [1.54, 1.807) is 0 Å². The Morgan fingerprint density at radius 3 is 1.29 bits per heavy atom. The monoisotopic (exact) mass is 1250 g/mol. The van der Waals surface area contributed by atoms with E-state index in [-0.39, 0.29) is 107 Å². The largest absolute Gasteiger partial charge is 1.00 e. The Kier molecular flexibility index (Phi) is 58.9. The van der Waals surface area contributed by atoms with E-state index in [4.69, 9.17) is 31.8 Å². The zero-order valence-corrected chi connectivity index (χ0v) is 50.4. The highest BCUT2D eigenvalue weighted by molar-refractivity contribution is 8.77. The van der Waals surface area contributed by atoms with E-state index < -0.39 is 33.2 Å². The van der Waals surface area contributed by atoms with E-state index in [9.17, 15) is 39.4 Å². The van der Waals surface area contributed by atoms with Crippen molar-refractivity contribution in [3.8, 4) is 0 Å². The number of Topliss-reactive ketones (excluding diaryl/α,β-unsaturated/α-hetero) is 2. The number of carbonyl (C=O) groups excluding carboxylic acids is 4. The third kappa shape index (κ3) is 45.7. The van der Waals surface area contributed by atoms with Gasteiger partial charge in [0.05, 0.1) is 49.0 Å². The summed E-state index contributed by atoms with van der Waals surface area (Å²) < 4.78 is 9.91. The zero-order valence-electron chi connectivity index (χ0n) is 42.4. The number of nitrogens with zero attached hydrogens (tertiary/aromatic N) is 2. The van der Waals surface area contributed by atoms with Crippen LogP contribution in [-0.2, 0) is 19.1 Å². The standard InChI is InChI=1S/C22H20N2O10S2.C12H26N4S2.C10H22N4S2.CH4.4ClH.H2/c1-13(25)7-9-33-21(27)17-11-15(3-5-19(17)23(29)30)35-36-16-4-6-20(24(31)32)18(12-16)22(28)34-10-8-14(2)26;1-11(13)5-9-17-18-10-6-12(14)16-8-4-3-7-15-2;1-9(11)3-7-15-16-8-4-10(12)14-6-5-13-2;;;;;;/h3-6,11-12H,7-10H2,1-2H3;13,15H,3-10H2,1-2H3,(H2,14,16);11,13H,3-8H2,1-2H3,(H2,12,14);1H4;5*1H. The van der Waals surface area contributed by atoms with Crippen LogP contribution in [0.5, 0.6) is 0 Å². The number of carbonyl (C=O) groups is 4. The van der Waals surface area contributed by atoms with E-state index >= 15 is 0 Å². The number of nitrogens with one attached hydrogen (secondary N) is 4. The molecule has 0 spiro atoms. The van der Waals surface area contributed by atoms with Crippen LogP contribution in [0.2, 0.25) is 0 Å². The van der Waals surface area contributed by atoms with Crippen LogP contribution in [0.3, 0.4) is 0 Å². The zero-order chi connectivity index (χ0) is 52.7. The van der Waals surface area contributed by atoms with Crippen LogP contribution in [0, 0.1) is 20.2 Å². The third-order valence-corrected chi connectivity index (χ3v) is 15.7. The fourth-order valence-corrected chi connectivity index (χ4v) is 11.0. The first-order chi connectivity index (χ1) is 33.3. The Bertz CT molecular complexity index is 1990. The molecule has 2 aromatic rings. The molecule has 0 aromatic heterocycles. The maximum Gasteiger partial charge on any atom is 0.345 e. The van der Waals surface area contributed by atoms with Gasteiger partial charge in [-0.3, -0.25) is 62.1 Å². The first kappa shape index (κ1) is 83.3. The molecule has 0 saturated heterocycles. The molecule has 12 N–H and O–H groups in total. The summed E-state index contributed by atoms with van der Waals surface area (Å²) in [5.74, 6) is 3.74. The highest BCUT2D eigenvalue weighted by atomic mass is 35.5. The number of amidine groups is 2. The van der Waals surface area contributed by atoms with Crippen LogP contribution in [0.15, 0.2) is 46.2 Å². The molecule has 75 heavy (non-hydrogen) atoms. The third-order valence-electron chi connectivity index (χ3n) is 8.55. The van der Waals surface area contributed by atoms with Gasteiger partial charge in [-0.2, -0.15) is 0 Å². The first-order valence-electron chi connectivity index (χ1n) is 22.2. The van der Waals surface area contributed by atoms with Crippen molar-refractivity contribution in [2.75, 3.05) is 76.5 Å². The number of hydrogen-bond acceptors (Lipinski definition) is 18. The summed E-state index contributed by atoms with van der Waals surface area (Å²) in [5, 5.41) is 40.0. The number of nitro groups is 2. The summed E-state index contributed by atoms with van der Waals surface area (Å²) >= 11 is 0. The van der Waals surface area contributed by atoms with Crippen molar-refractivity contribution in [1.29, 1.82) is 0 Å². The molecule has 0 radical (unpaired) electrons. The molecule has 0 bridgehead atoms. The highest BCUT2D eigenvalue weighted by Crippen LogP contribution is 2.40. The SMILES string of the molecule is C.CC(=O)CCOC(=O)c1cc(SSc2ccc([N+](=O)[O-])c(C(=O)OCCC(C)=O)c2)ccc1[N+](=O)[O-].CNCCCC[NH+]=C(N)CCSSCCC(C)=[NH2+].CNCC[NH+]=C(N)CCSSCCC(C)=[NH2+].[Cl-].[Cl-].[Cl-].[Cl-].[HH]. The van der Waals surface area contributed by atoms with E-state index in [1.807, 2.05) is 71.1 Å². The molecule has 2 aromatic carbocycles. The molecule has 0 aliphatic carbocycles. The molecule has 0 unspecified atom stereocenters. The molecule has 0 fully saturated rings. The Morgan fingerprint density at radius 1 is 0.600 bits per heavy atom. The lowest BCUT2D eigenvalue weighted by Gasteiger charge is -2.08. The minimum Gasteiger partial charge on any atom is -1.00 e. The second-order valence-electron chi connectivity index (χ2n) is 15.0. The number of nitro benzene ring substituents is 2. The normalized spacial score (nSPS) is 10.3. The molecule has 2 rings (SSSR count). The van der Waals surface area contributed by atoms with Crippen LogP contribution < -0.4 is 92.5 Å². The van der Waals surface area contributed by atoms with Crippen LogP contribution in [-0.4, -0.2) is 133 Å². The number of rotatable bonds is 35. The van der Waals surface area contributed by atoms with Crippen molar-refractivity contribution >= 4 is 123 Å². The molecule has 20 nitrogen and oxygen atoms in total. The van der Waals surface area contributed by atoms with Crippen molar-refractivity contribution in [3.05, 3.63) is 67.8 Å². The fourth-order valence-electron chi connectivity index (χ4n) is 4.75. The lowest BCUT2D eigenvalue weighted by molar-refractivity contribution is -0.460. The molecule has 0 amide bonds. The van der Waals surface area contributed by atoms with E-state index in [2.05, 4.69) is 20.6 Å². The number of halogens is 4. The summed E-state index contributed by atoms with van der Waals surface area (Å²) in [5.41, 5.74) is 12.2. The number of esters is 2. The molecule has 0 aliphatic heterocycles. The van der Waals surface area contributed by atoms with Gasteiger partial charge >= 0.3 is 11.9 Å². The lowest BCUT2D eigenvalue weighted by atomic mass is 10.2. The summed E-state index contributed by atoms with van der Waals surface area (Å²) in [6, 6.07) is 7.60. The van der Waals surface area contributed by atoms with E-state index in [0.717, 1.165) is 138 Å². The van der Waals surface area contributed by atoms with Gasteiger partial charge in [0.25, 0.3) is 11.4 Å². The molecule has 0 aliphatic rings. The lowest BCUT2D eigenvalue weighted by Crippen LogP contribution is -3.00. The van der Waals surface area contributed by atoms with Gasteiger partial charge in [-0.25, -0.2) is 9.59 Å². The second-order valence-corrected chi connectivity index (χ2v) is 22.7. The molecule has 0 atom stereocenters. The second kappa shape index (κ2) is 53.0. The maximum atomic E-state index is 12.3. The molecular weight excluding hydrogens is 1170 g/mol. The number of ether oxygens (including phenoxy) is 2. The Morgan fingerprint density at radius 2 is 0.960 bits per heavy atom. The molecule has 0 heterocycles. The average Bonchev–Trinajstić information content (AvgIpc) is 3.30. The number of likely N-dealkylation sites (N-methyl/N-ethyl adjacent to an activating group) is 1. The van der Waals surface area contributed by atoms with Crippen molar-refractivity contribution in [1.82, 2.24) is 10.6 Å². The Balaban J connectivity index is -0.000000203. The van der Waals surface area contributed by atoms with Crippen LogP contribution >= 0.6 is 64.8 Å². The molecule has 432 valence electrons. The van der Waals surface area contributed by atoms with Crippen LogP contribution in [0.4, 0.5) is 11.4 Å². The smallest absolute Gasteiger partial charge is 0.345 e. The quantitative estimate of drug-likeness (QED) is 0.00604. The number of ketones is 2. The van der Waals surface area contributed by atoms with Crippen LogP contribution in [0.25, 0.3) is 0 Å². The van der Waals surface area contributed by atoms with E-state index in [0.29, 0.717) is 9.79 Å². The molecule has 30 heteroatoms. The van der Waals surface area contributed by atoms with Crippen molar-refractivity contribution in [2.45, 2.75) is 96.3 Å². The van der Waals surface area contributed by atoms with Gasteiger partial charge in [0.15, 0.2) is 0 Å². The van der Waals surface area contributed by atoms with Crippen molar-refractivity contribution in [2.24, 2.45) is 11.5 Å². The number of nitrogens with two attached hydrogens (primary N) is 4. The fraction of sp³-hybridized carbons (Fsp3) is 0.556. The summed E-state index contributed by atoms with van der Waals surface area (Å²) in [6.45, 7) is 10.0. The Labute approximate surface area is 492 Å². The van der Waals surface area contributed by atoms with Crippen molar-refractivity contribution in [3.63, 3.8) is 0 Å². The summed E-state index contributed by atoms with van der Waals surface area (Å²) in [6.07, 6.45) is 6.16. The highest BCUT2D eigenvalue weighted by Gasteiger charge is 2.24. The number of unbranched alkanes of at least 4 members (excludes halogenated alkanes) is 1. The maximum absolute atomic E-state index is 12.3. The predicted octanol–water partition coefficient (Wildman–Crippen LogP) is -9.70. The minimum absolute atomic E-state index is 0. The number of hydrogen-bond donors (Lipinski definition) is 8. The summed E-state index contributed by atoms with van der Waals surface area (Å²) in [7, 11) is 13.5. The Hall–Kier alpha value is -3.02. The minimum atomic E-state index is -0.957. The van der Waals surface area contributed by atoms with Gasteiger partial charge < -0.3 is 69.7 Å². The molecule has 0 saturated carbocycles. The van der Waals surface area contributed by atoms with Crippen LogP contribution in [0.1, 0.15) is 109 Å².